The number of ether oxygens (including phenoxy) is 1. The van der Waals surface area contributed by atoms with E-state index in [-0.39, 0.29) is 19.1 Å². The number of piperidine rings is 1. The number of halogens is 2. The molecule has 2 aromatic carbocycles. The van der Waals surface area contributed by atoms with Gasteiger partial charge in [0.05, 0.1) is 0 Å². The third-order valence-corrected chi connectivity index (χ3v) is 7.28. The zero-order chi connectivity index (χ0) is 24.4. The first-order chi connectivity index (χ1) is 17.0. The lowest BCUT2D eigenvalue weighted by molar-refractivity contribution is 0.0506. The number of piperazine rings is 1. The highest BCUT2D eigenvalue weighted by Crippen LogP contribution is 2.46. The fourth-order valence-electron chi connectivity index (χ4n) is 5.52. The molecule has 3 fully saturated rings. The number of benzene rings is 2. The van der Waals surface area contributed by atoms with Gasteiger partial charge in [-0.25, -0.2) is 18.4 Å². The molecule has 35 heavy (non-hydrogen) atoms. The van der Waals surface area contributed by atoms with Gasteiger partial charge in [0.25, 0.3) is 0 Å². The molecule has 5 rings (SSSR count). The molecule has 1 atom stereocenters. The SMILES string of the molecule is O=C(NCCN1CCCCC1)N1CCN2C(=O)OC(c3cccc(F)c3)(c3cccc(F)c3)C2C1. The Hall–Kier alpha value is -3.20. The molecule has 186 valence electrons. The third-order valence-electron chi connectivity index (χ3n) is 7.28. The molecular weight excluding hydrogens is 454 g/mol. The Morgan fingerprint density at radius 1 is 0.971 bits per heavy atom. The van der Waals surface area contributed by atoms with Crippen LogP contribution in [0.4, 0.5) is 18.4 Å². The Labute approximate surface area is 203 Å². The van der Waals surface area contributed by atoms with Gasteiger partial charge < -0.3 is 19.9 Å². The van der Waals surface area contributed by atoms with Crippen molar-refractivity contribution in [2.75, 3.05) is 45.8 Å². The number of carbonyl (C=O) groups excluding carboxylic acids is 2. The van der Waals surface area contributed by atoms with Crippen LogP contribution in [0.2, 0.25) is 0 Å². The fourth-order valence-corrected chi connectivity index (χ4v) is 5.52. The first kappa shape index (κ1) is 23.5. The van der Waals surface area contributed by atoms with E-state index < -0.39 is 29.4 Å². The number of amides is 3. The molecule has 1 unspecified atom stereocenters. The smallest absolute Gasteiger partial charge is 0.411 e. The molecule has 2 aromatic rings. The lowest BCUT2D eigenvalue weighted by Crippen LogP contribution is -2.60. The summed E-state index contributed by atoms with van der Waals surface area (Å²) in [4.78, 5) is 31.6. The van der Waals surface area contributed by atoms with Crippen LogP contribution in [-0.2, 0) is 10.3 Å². The van der Waals surface area contributed by atoms with Crippen LogP contribution in [0.25, 0.3) is 0 Å². The van der Waals surface area contributed by atoms with Crippen molar-refractivity contribution in [3.63, 3.8) is 0 Å². The Morgan fingerprint density at radius 3 is 2.26 bits per heavy atom. The summed E-state index contributed by atoms with van der Waals surface area (Å²) in [6.07, 6.45) is 3.07. The molecule has 3 heterocycles. The molecule has 0 aromatic heterocycles. The van der Waals surface area contributed by atoms with E-state index in [0.717, 1.165) is 19.6 Å². The molecule has 3 aliphatic heterocycles. The molecule has 0 radical (unpaired) electrons. The lowest BCUT2D eigenvalue weighted by atomic mass is 9.79. The number of cyclic esters (lactones) is 1. The molecule has 0 saturated carbocycles. The van der Waals surface area contributed by atoms with Crippen LogP contribution < -0.4 is 5.32 Å². The van der Waals surface area contributed by atoms with Gasteiger partial charge in [0.15, 0.2) is 5.60 Å². The van der Waals surface area contributed by atoms with Gasteiger partial charge >= 0.3 is 12.1 Å². The van der Waals surface area contributed by atoms with Crippen LogP contribution in [0.5, 0.6) is 0 Å². The molecule has 9 heteroatoms. The van der Waals surface area contributed by atoms with Crippen molar-refractivity contribution in [1.29, 1.82) is 0 Å². The number of nitrogens with one attached hydrogen (secondary N) is 1. The van der Waals surface area contributed by atoms with Gasteiger partial charge in [-0.3, -0.25) is 4.90 Å². The summed E-state index contributed by atoms with van der Waals surface area (Å²) in [5.41, 5.74) is -0.652. The van der Waals surface area contributed by atoms with Crippen LogP contribution in [0.15, 0.2) is 48.5 Å². The summed E-state index contributed by atoms with van der Waals surface area (Å²) in [5, 5.41) is 3.00. The minimum atomic E-state index is -1.45. The molecule has 0 bridgehead atoms. The standard InChI is InChI=1S/C26H30F2N4O3/c27-21-8-4-6-19(16-21)26(20-7-5-9-22(28)17-20)23-18-31(14-15-32(23)25(34)35-26)24(33)29-10-13-30-11-2-1-3-12-30/h4-9,16-17,23H,1-3,10-15,18H2,(H,29,33). The van der Waals surface area contributed by atoms with E-state index in [1.807, 2.05) is 0 Å². The topological polar surface area (TPSA) is 65.1 Å². The molecule has 3 saturated heterocycles. The number of nitrogens with zero attached hydrogens (tertiary/aromatic N) is 3. The van der Waals surface area contributed by atoms with Crippen molar-refractivity contribution in [1.82, 2.24) is 20.0 Å². The highest BCUT2D eigenvalue weighted by Gasteiger charge is 2.58. The van der Waals surface area contributed by atoms with Crippen molar-refractivity contribution in [3.8, 4) is 0 Å². The zero-order valence-electron chi connectivity index (χ0n) is 19.6. The van der Waals surface area contributed by atoms with E-state index in [1.54, 1.807) is 21.9 Å². The first-order valence-corrected chi connectivity index (χ1v) is 12.2. The summed E-state index contributed by atoms with van der Waals surface area (Å²) < 4.78 is 34.6. The third kappa shape index (κ3) is 4.57. The predicted octanol–water partition coefficient (Wildman–Crippen LogP) is 3.54. The number of hydrogen-bond donors (Lipinski definition) is 1. The summed E-state index contributed by atoms with van der Waals surface area (Å²) in [7, 11) is 0. The molecule has 3 aliphatic rings. The van der Waals surface area contributed by atoms with Gasteiger partial charge in [-0.05, 0) is 50.2 Å². The van der Waals surface area contributed by atoms with Crippen LogP contribution >= 0.6 is 0 Å². The normalized spacial score (nSPS) is 22.0. The zero-order valence-corrected chi connectivity index (χ0v) is 19.6. The Kier molecular flexibility index (Phi) is 6.60. The van der Waals surface area contributed by atoms with E-state index >= 15 is 0 Å². The second-order valence-corrected chi connectivity index (χ2v) is 9.41. The van der Waals surface area contributed by atoms with Crippen molar-refractivity contribution >= 4 is 12.1 Å². The maximum absolute atomic E-state index is 14.3. The molecule has 3 amide bonds. The van der Waals surface area contributed by atoms with Gasteiger partial charge in [0.2, 0.25) is 0 Å². The highest BCUT2D eigenvalue weighted by molar-refractivity contribution is 5.77. The average molecular weight is 485 g/mol. The highest BCUT2D eigenvalue weighted by atomic mass is 19.1. The average Bonchev–Trinajstić information content (AvgIpc) is 3.17. The van der Waals surface area contributed by atoms with Crippen LogP contribution in [0, 0.1) is 11.6 Å². The van der Waals surface area contributed by atoms with E-state index in [0.29, 0.717) is 24.2 Å². The van der Waals surface area contributed by atoms with E-state index in [2.05, 4.69) is 10.2 Å². The fraction of sp³-hybridized carbons (Fsp3) is 0.462. The summed E-state index contributed by atoms with van der Waals surface area (Å²) in [6.45, 7) is 4.25. The van der Waals surface area contributed by atoms with Gasteiger partial charge in [-0.1, -0.05) is 30.7 Å². The number of likely N-dealkylation sites (tertiary alicyclic amines) is 1. The number of hydrogen-bond acceptors (Lipinski definition) is 4. The Bertz CT molecular complexity index is 1050. The number of rotatable bonds is 5. The van der Waals surface area contributed by atoms with E-state index in [1.165, 1.54) is 55.7 Å². The molecule has 7 nitrogen and oxygen atoms in total. The quantitative estimate of drug-likeness (QED) is 0.705. The number of urea groups is 1. The van der Waals surface area contributed by atoms with Crippen LogP contribution in [0.1, 0.15) is 30.4 Å². The minimum Gasteiger partial charge on any atom is -0.431 e. The van der Waals surface area contributed by atoms with Gasteiger partial charge in [0, 0.05) is 43.9 Å². The summed E-state index contributed by atoms with van der Waals surface area (Å²) in [6, 6.07) is 10.8. The monoisotopic (exact) mass is 484 g/mol. The Morgan fingerprint density at radius 2 is 1.63 bits per heavy atom. The first-order valence-electron chi connectivity index (χ1n) is 12.2. The number of fused-ring (bicyclic) bond motifs is 1. The molecule has 0 aliphatic carbocycles. The van der Waals surface area contributed by atoms with Crippen LogP contribution in [-0.4, -0.2) is 78.7 Å². The van der Waals surface area contributed by atoms with Crippen LogP contribution in [0.3, 0.4) is 0 Å². The van der Waals surface area contributed by atoms with Crippen molar-refractivity contribution in [2.24, 2.45) is 0 Å². The van der Waals surface area contributed by atoms with Gasteiger partial charge in [-0.15, -0.1) is 0 Å². The summed E-state index contributed by atoms with van der Waals surface area (Å²) >= 11 is 0. The van der Waals surface area contributed by atoms with E-state index in [9.17, 15) is 18.4 Å². The summed E-state index contributed by atoms with van der Waals surface area (Å²) in [5.74, 6) is -0.980. The maximum atomic E-state index is 14.3. The molecule has 0 spiro atoms. The maximum Gasteiger partial charge on any atom is 0.411 e. The van der Waals surface area contributed by atoms with Gasteiger partial charge in [0.1, 0.15) is 17.7 Å². The van der Waals surface area contributed by atoms with E-state index in [4.69, 9.17) is 4.74 Å². The molecule has 1 N–H and O–H groups in total. The second kappa shape index (κ2) is 9.81. The number of carbonyl (C=O) groups is 2. The second-order valence-electron chi connectivity index (χ2n) is 9.41. The largest absolute Gasteiger partial charge is 0.431 e. The predicted molar refractivity (Wildman–Crippen MR) is 126 cm³/mol. The van der Waals surface area contributed by atoms with Crippen molar-refractivity contribution in [3.05, 3.63) is 71.3 Å². The Balaban J connectivity index is 1.40. The van der Waals surface area contributed by atoms with Crippen molar-refractivity contribution in [2.45, 2.75) is 30.9 Å². The van der Waals surface area contributed by atoms with Gasteiger partial charge in [-0.2, -0.15) is 0 Å². The van der Waals surface area contributed by atoms with Crippen molar-refractivity contribution < 1.29 is 23.1 Å². The minimum absolute atomic E-state index is 0.175. The lowest BCUT2D eigenvalue weighted by Gasteiger charge is -2.42. The molecular formula is C26H30F2N4O3.